The average Bonchev–Trinajstić information content (AvgIpc) is 2.33. The molecule has 0 bridgehead atoms. The molecule has 1 aliphatic heterocycles. The van der Waals surface area contributed by atoms with Crippen LogP contribution in [0.1, 0.15) is 12.8 Å². The molecular weight excluding hydrogens is 329 g/mol. The number of hydrogen-bond donors (Lipinski definition) is 0. The van der Waals surface area contributed by atoms with Gasteiger partial charge in [-0.05, 0) is 47.0 Å². The Balaban J connectivity index is 2.01. The van der Waals surface area contributed by atoms with E-state index in [9.17, 15) is 13.2 Å². The Bertz CT molecular complexity index is 431. The van der Waals surface area contributed by atoms with Gasteiger partial charge >= 0.3 is 6.36 Å². The summed E-state index contributed by atoms with van der Waals surface area (Å²) >= 11 is 3.03. The first-order valence-corrected chi connectivity index (χ1v) is 6.53. The smallest absolute Gasteiger partial charge is 0.488 e. The van der Waals surface area contributed by atoms with Crippen molar-refractivity contribution in [1.29, 1.82) is 0 Å². The molecule has 106 valence electrons. The van der Waals surface area contributed by atoms with Crippen molar-refractivity contribution in [3.8, 4) is 11.5 Å². The summed E-state index contributed by atoms with van der Waals surface area (Å²) in [7, 11) is 0. The second-order valence-corrected chi connectivity index (χ2v) is 4.95. The number of rotatable bonds is 3. The van der Waals surface area contributed by atoms with Crippen LogP contribution in [0.4, 0.5) is 13.2 Å². The van der Waals surface area contributed by atoms with Crippen molar-refractivity contribution in [2.75, 3.05) is 13.2 Å². The lowest BCUT2D eigenvalue weighted by Crippen LogP contribution is -2.28. The van der Waals surface area contributed by atoms with Crippen LogP contribution >= 0.6 is 15.9 Å². The molecule has 1 aromatic carbocycles. The van der Waals surface area contributed by atoms with Crippen LogP contribution in [0, 0.1) is 0 Å². The summed E-state index contributed by atoms with van der Waals surface area (Å²) in [5.74, 6) is 0.191. The van der Waals surface area contributed by atoms with E-state index in [1.807, 2.05) is 0 Å². The lowest BCUT2D eigenvalue weighted by atomic mass is 10.2. The van der Waals surface area contributed by atoms with E-state index >= 15 is 0 Å². The molecule has 1 saturated heterocycles. The molecule has 0 radical (unpaired) electrons. The van der Waals surface area contributed by atoms with Gasteiger partial charge in [-0.15, -0.1) is 13.2 Å². The molecule has 1 heterocycles. The fourth-order valence-corrected chi connectivity index (χ4v) is 2.20. The minimum Gasteiger partial charge on any atom is -0.488 e. The summed E-state index contributed by atoms with van der Waals surface area (Å²) in [6, 6.07) is 4.12. The normalized spacial score (nSPS) is 20.1. The third-order valence-corrected chi connectivity index (χ3v) is 3.17. The molecule has 1 aromatic rings. The van der Waals surface area contributed by atoms with Gasteiger partial charge in [-0.3, -0.25) is 0 Å². The quantitative estimate of drug-likeness (QED) is 0.835. The van der Waals surface area contributed by atoms with Gasteiger partial charge in [0.05, 0.1) is 11.1 Å². The van der Waals surface area contributed by atoms with Crippen LogP contribution in [-0.2, 0) is 4.74 Å². The fourth-order valence-electron chi connectivity index (χ4n) is 1.76. The zero-order valence-electron chi connectivity index (χ0n) is 9.87. The van der Waals surface area contributed by atoms with Crippen LogP contribution in [0.15, 0.2) is 22.7 Å². The minimum absolute atomic E-state index is 0.0602. The Hall–Kier alpha value is -0.950. The van der Waals surface area contributed by atoms with Gasteiger partial charge in [-0.25, -0.2) is 0 Å². The Kier molecular flexibility index (Phi) is 4.57. The van der Waals surface area contributed by atoms with Gasteiger partial charge in [-0.2, -0.15) is 0 Å². The maximum atomic E-state index is 12.1. The summed E-state index contributed by atoms with van der Waals surface area (Å²) in [5.41, 5.74) is 0. The number of alkyl halides is 3. The molecule has 1 fully saturated rings. The standard InChI is InChI=1S/C12H12BrF3O3/c13-10-6-8(18-9-2-1-5-17-7-9)3-4-11(10)19-12(14,15)16/h3-4,6,9H,1-2,5,7H2. The van der Waals surface area contributed by atoms with Gasteiger partial charge in [0.1, 0.15) is 17.6 Å². The van der Waals surface area contributed by atoms with Gasteiger partial charge < -0.3 is 14.2 Å². The van der Waals surface area contributed by atoms with E-state index in [0.29, 0.717) is 12.4 Å². The second-order valence-electron chi connectivity index (χ2n) is 4.10. The maximum Gasteiger partial charge on any atom is 0.573 e. The Morgan fingerprint density at radius 2 is 2.11 bits per heavy atom. The molecule has 0 N–H and O–H groups in total. The van der Waals surface area contributed by atoms with Crippen LogP contribution in [-0.4, -0.2) is 25.7 Å². The third kappa shape index (κ3) is 4.58. The van der Waals surface area contributed by atoms with Gasteiger partial charge in [-0.1, -0.05) is 0 Å². The van der Waals surface area contributed by atoms with Gasteiger partial charge in [0.25, 0.3) is 0 Å². The highest BCUT2D eigenvalue weighted by Gasteiger charge is 2.32. The largest absolute Gasteiger partial charge is 0.573 e. The van der Waals surface area contributed by atoms with Crippen molar-refractivity contribution in [2.24, 2.45) is 0 Å². The highest BCUT2D eigenvalue weighted by Crippen LogP contribution is 2.33. The fraction of sp³-hybridized carbons (Fsp3) is 0.500. The summed E-state index contributed by atoms with van der Waals surface area (Å²) in [4.78, 5) is 0. The van der Waals surface area contributed by atoms with E-state index in [0.717, 1.165) is 19.4 Å². The molecule has 7 heteroatoms. The van der Waals surface area contributed by atoms with E-state index in [-0.39, 0.29) is 16.3 Å². The number of halogens is 4. The number of hydrogen-bond acceptors (Lipinski definition) is 3. The molecule has 0 spiro atoms. The first-order chi connectivity index (χ1) is 8.94. The molecule has 0 amide bonds. The zero-order chi connectivity index (χ0) is 13.9. The van der Waals surface area contributed by atoms with Gasteiger partial charge in [0, 0.05) is 6.61 Å². The van der Waals surface area contributed by atoms with E-state index in [4.69, 9.17) is 9.47 Å². The first kappa shape index (κ1) is 14.5. The maximum absolute atomic E-state index is 12.1. The first-order valence-electron chi connectivity index (χ1n) is 5.74. The van der Waals surface area contributed by atoms with Crippen LogP contribution in [0.3, 0.4) is 0 Å². The molecule has 0 aromatic heterocycles. The van der Waals surface area contributed by atoms with Gasteiger partial charge in [0.15, 0.2) is 0 Å². The van der Waals surface area contributed by atoms with Crippen molar-refractivity contribution < 1.29 is 27.4 Å². The molecular formula is C12H12BrF3O3. The third-order valence-electron chi connectivity index (χ3n) is 2.55. The van der Waals surface area contributed by atoms with Crippen LogP contribution in [0.5, 0.6) is 11.5 Å². The molecule has 1 atom stereocenters. The minimum atomic E-state index is -4.71. The van der Waals surface area contributed by atoms with Crippen molar-refractivity contribution in [3.05, 3.63) is 22.7 Å². The highest BCUT2D eigenvalue weighted by atomic mass is 79.9. The average molecular weight is 341 g/mol. The molecule has 1 aliphatic rings. The predicted octanol–water partition coefficient (Wildman–Crippen LogP) is 3.91. The Morgan fingerprint density at radius 3 is 2.68 bits per heavy atom. The monoisotopic (exact) mass is 340 g/mol. The topological polar surface area (TPSA) is 27.7 Å². The van der Waals surface area contributed by atoms with Crippen LogP contribution < -0.4 is 9.47 Å². The number of ether oxygens (including phenoxy) is 3. The van der Waals surface area contributed by atoms with Crippen molar-refractivity contribution in [1.82, 2.24) is 0 Å². The lowest BCUT2D eigenvalue weighted by Gasteiger charge is -2.23. The summed E-state index contributed by atoms with van der Waals surface area (Å²) in [6.07, 6.45) is -2.98. The van der Waals surface area contributed by atoms with E-state index < -0.39 is 6.36 Å². The molecule has 0 saturated carbocycles. The summed E-state index contributed by atoms with van der Waals surface area (Å²) in [5, 5.41) is 0. The van der Waals surface area contributed by atoms with Gasteiger partial charge in [0.2, 0.25) is 0 Å². The summed E-state index contributed by atoms with van der Waals surface area (Å²) in [6.45, 7) is 1.22. The summed E-state index contributed by atoms with van der Waals surface area (Å²) < 4.78 is 51.2. The van der Waals surface area contributed by atoms with Crippen molar-refractivity contribution in [2.45, 2.75) is 25.3 Å². The number of benzene rings is 1. The van der Waals surface area contributed by atoms with Crippen molar-refractivity contribution >= 4 is 15.9 Å². The molecule has 19 heavy (non-hydrogen) atoms. The predicted molar refractivity (Wildman–Crippen MR) is 65.3 cm³/mol. The van der Waals surface area contributed by atoms with E-state index in [1.54, 1.807) is 0 Å². The van der Waals surface area contributed by atoms with E-state index in [1.165, 1.54) is 18.2 Å². The zero-order valence-corrected chi connectivity index (χ0v) is 11.5. The highest BCUT2D eigenvalue weighted by molar-refractivity contribution is 9.10. The Labute approximate surface area is 116 Å². The molecule has 3 nitrogen and oxygen atoms in total. The SMILES string of the molecule is FC(F)(F)Oc1ccc(OC2CCCOC2)cc1Br. The molecule has 2 rings (SSSR count). The lowest BCUT2D eigenvalue weighted by molar-refractivity contribution is -0.274. The van der Waals surface area contributed by atoms with Crippen molar-refractivity contribution in [3.63, 3.8) is 0 Å². The Morgan fingerprint density at radius 1 is 1.32 bits per heavy atom. The molecule has 1 unspecified atom stereocenters. The molecule has 0 aliphatic carbocycles. The van der Waals surface area contributed by atoms with Crippen LogP contribution in [0.25, 0.3) is 0 Å². The second kappa shape index (κ2) is 6.00. The van der Waals surface area contributed by atoms with E-state index in [2.05, 4.69) is 20.7 Å². The van der Waals surface area contributed by atoms with Crippen LogP contribution in [0.2, 0.25) is 0 Å².